The van der Waals surface area contributed by atoms with Crippen LogP contribution in [0, 0.1) is 0 Å². The molecule has 0 aromatic heterocycles. The predicted octanol–water partition coefficient (Wildman–Crippen LogP) is 0.623. The maximum Gasteiger partial charge on any atom is 0.269 e. The Labute approximate surface area is 226 Å². The van der Waals surface area contributed by atoms with E-state index in [1.807, 2.05) is 6.07 Å². The van der Waals surface area contributed by atoms with Crippen LogP contribution in [0.5, 0.6) is 0 Å². The minimum absolute atomic E-state index is 0.125. The van der Waals surface area contributed by atoms with Crippen LogP contribution in [0.2, 0.25) is 0 Å². The van der Waals surface area contributed by atoms with Crippen molar-refractivity contribution in [1.82, 2.24) is 20.4 Å². The van der Waals surface area contributed by atoms with Crippen molar-refractivity contribution in [3.05, 3.63) is 47.3 Å². The van der Waals surface area contributed by atoms with Crippen LogP contribution in [0.15, 0.2) is 46.1 Å². The third-order valence-electron chi connectivity index (χ3n) is 7.19. The van der Waals surface area contributed by atoms with Crippen molar-refractivity contribution in [3.8, 4) is 0 Å². The molecule has 38 heavy (non-hydrogen) atoms. The highest BCUT2D eigenvalue weighted by molar-refractivity contribution is 7.91. The first kappa shape index (κ1) is 29.9. The first-order valence-corrected chi connectivity index (χ1v) is 15.1. The molecule has 2 aliphatic heterocycles. The van der Waals surface area contributed by atoms with Gasteiger partial charge in [-0.25, -0.2) is 13.4 Å². The number of nitrogens with one attached hydrogen (secondary N) is 2. The maximum absolute atomic E-state index is 12.7. The zero-order valence-electron chi connectivity index (χ0n) is 22.6. The lowest BCUT2D eigenvalue weighted by Gasteiger charge is -2.32. The molecular weight excluding hydrogens is 504 g/mol. The number of aliphatic imine (C=N–C) groups is 2. The molecule has 1 saturated heterocycles. The molecule has 1 fully saturated rings. The number of amides is 1. The Hall–Kier alpha value is -2.60. The van der Waals surface area contributed by atoms with Crippen LogP contribution in [0.1, 0.15) is 30.9 Å². The number of rotatable bonds is 13. The molecule has 2 aliphatic rings. The average Bonchev–Trinajstić information content (AvgIpc) is 2.93. The second-order valence-corrected chi connectivity index (χ2v) is 12.4. The van der Waals surface area contributed by atoms with Gasteiger partial charge in [-0.15, -0.1) is 0 Å². The number of hydrogen-bond acceptors (Lipinski definition) is 9. The molecule has 1 amide bonds. The number of hydrogen-bond donors (Lipinski definition) is 3. The van der Waals surface area contributed by atoms with E-state index in [-0.39, 0.29) is 35.7 Å². The summed E-state index contributed by atoms with van der Waals surface area (Å²) in [5.41, 5.74) is 2.84. The molecule has 3 N–H and O–H groups in total. The lowest BCUT2D eigenvalue weighted by atomic mass is 10.00. The molecule has 1 atom stereocenters. The van der Waals surface area contributed by atoms with Gasteiger partial charge in [0.05, 0.1) is 11.9 Å². The minimum Gasteiger partial charge on any atom is -0.390 e. The minimum atomic E-state index is -2.97. The largest absolute Gasteiger partial charge is 0.390 e. The highest BCUT2D eigenvalue weighted by atomic mass is 32.2. The van der Waals surface area contributed by atoms with Crippen LogP contribution in [0.3, 0.4) is 0 Å². The van der Waals surface area contributed by atoms with Gasteiger partial charge < -0.3 is 20.6 Å². The van der Waals surface area contributed by atoms with Crippen molar-refractivity contribution in [2.75, 3.05) is 57.8 Å². The summed E-state index contributed by atoms with van der Waals surface area (Å²) in [6, 6.07) is 8.50. The fourth-order valence-electron chi connectivity index (χ4n) is 4.79. The van der Waals surface area contributed by atoms with Crippen LogP contribution < -0.4 is 10.6 Å². The average molecular weight is 547 g/mol. The van der Waals surface area contributed by atoms with Gasteiger partial charge in [-0.1, -0.05) is 31.2 Å². The highest BCUT2D eigenvalue weighted by Crippen LogP contribution is 2.18. The molecule has 1 aromatic carbocycles. The van der Waals surface area contributed by atoms with Crippen LogP contribution in [-0.4, -0.2) is 112 Å². The molecule has 10 nitrogen and oxygen atoms in total. The molecule has 1 aromatic rings. The first-order chi connectivity index (χ1) is 18.2. The van der Waals surface area contributed by atoms with Crippen molar-refractivity contribution in [1.29, 1.82) is 0 Å². The van der Waals surface area contributed by atoms with Gasteiger partial charge in [-0.05, 0) is 37.1 Å². The zero-order chi connectivity index (χ0) is 27.5. The van der Waals surface area contributed by atoms with E-state index in [9.17, 15) is 18.3 Å². The molecule has 0 radical (unpaired) electrons. The molecular formula is C27H42N6O4S. The Bertz CT molecular complexity index is 1110. The molecule has 0 aliphatic carbocycles. The van der Waals surface area contributed by atoms with Gasteiger partial charge in [-0.3, -0.25) is 14.7 Å². The predicted molar refractivity (Wildman–Crippen MR) is 152 cm³/mol. The maximum atomic E-state index is 12.7. The van der Waals surface area contributed by atoms with E-state index in [1.165, 1.54) is 18.2 Å². The normalized spacial score (nSPS) is 19.0. The van der Waals surface area contributed by atoms with Crippen LogP contribution in [0.4, 0.5) is 0 Å². The second-order valence-electron chi connectivity index (χ2n) is 9.91. The number of aliphatic hydroxyl groups excluding tert-OH is 1. The molecule has 210 valence electrons. The fraction of sp³-hybridized carbons (Fsp3) is 0.593. The van der Waals surface area contributed by atoms with Gasteiger partial charge in [0.1, 0.15) is 11.5 Å². The van der Waals surface area contributed by atoms with Crippen molar-refractivity contribution in [3.63, 3.8) is 0 Å². The third kappa shape index (κ3) is 9.30. The van der Waals surface area contributed by atoms with Crippen LogP contribution >= 0.6 is 0 Å². The number of likely N-dealkylation sites (tertiary alicyclic amines) is 1. The Kier molecular flexibility index (Phi) is 11.4. The topological polar surface area (TPSA) is 127 Å². The van der Waals surface area contributed by atoms with E-state index in [0.29, 0.717) is 18.9 Å². The number of fused-ring (bicyclic) bond motifs is 1. The fourth-order valence-corrected chi connectivity index (χ4v) is 5.62. The first-order valence-electron chi connectivity index (χ1n) is 13.3. The van der Waals surface area contributed by atoms with Crippen molar-refractivity contribution in [2.24, 2.45) is 9.98 Å². The summed E-state index contributed by atoms with van der Waals surface area (Å²) in [6.07, 6.45) is 3.49. The summed E-state index contributed by atoms with van der Waals surface area (Å²) in [4.78, 5) is 25.2. The van der Waals surface area contributed by atoms with Crippen molar-refractivity contribution >= 4 is 28.2 Å². The quantitative estimate of drug-likeness (QED) is 0.310. The van der Waals surface area contributed by atoms with Gasteiger partial charge >= 0.3 is 0 Å². The van der Waals surface area contributed by atoms with Crippen LogP contribution in [0.25, 0.3) is 0 Å². The smallest absolute Gasteiger partial charge is 0.269 e. The molecule has 0 bridgehead atoms. The summed E-state index contributed by atoms with van der Waals surface area (Å²) >= 11 is 0. The van der Waals surface area contributed by atoms with E-state index in [2.05, 4.69) is 55.3 Å². The van der Waals surface area contributed by atoms with Gasteiger partial charge in [0.15, 0.2) is 9.84 Å². The number of carbonyl (C=O) groups is 1. The van der Waals surface area contributed by atoms with E-state index < -0.39 is 15.9 Å². The summed E-state index contributed by atoms with van der Waals surface area (Å²) in [7, 11) is -1.43. The SMILES string of the molecule is C=N/C(=C\C(=N/C)C(=O)NC[C@H](O)CN1CCc2ccccc2C1)NC1CCN(CCS(=O)(=O)CC)CC1. The monoisotopic (exact) mass is 546 g/mol. The second kappa shape index (κ2) is 14.5. The Morgan fingerprint density at radius 1 is 1.21 bits per heavy atom. The van der Waals surface area contributed by atoms with E-state index in [0.717, 1.165) is 45.4 Å². The van der Waals surface area contributed by atoms with E-state index >= 15 is 0 Å². The van der Waals surface area contributed by atoms with Gasteiger partial charge in [0.2, 0.25) is 0 Å². The van der Waals surface area contributed by atoms with Crippen molar-refractivity contribution in [2.45, 2.75) is 44.9 Å². The number of piperidine rings is 1. The lowest BCUT2D eigenvalue weighted by molar-refractivity contribution is -0.115. The number of benzene rings is 1. The van der Waals surface area contributed by atoms with E-state index in [1.54, 1.807) is 13.0 Å². The third-order valence-corrected chi connectivity index (χ3v) is 8.88. The summed E-state index contributed by atoms with van der Waals surface area (Å²) < 4.78 is 23.5. The molecule has 11 heteroatoms. The molecule has 0 spiro atoms. The Morgan fingerprint density at radius 3 is 2.58 bits per heavy atom. The number of β-amino-alcohol motifs (C(OH)–C–C–N with tert-alkyl or cyclic N) is 1. The van der Waals surface area contributed by atoms with Gasteiger partial charge in [-0.2, -0.15) is 0 Å². The molecule has 0 saturated carbocycles. The molecule has 3 rings (SSSR count). The van der Waals surface area contributed by atoms with Crippen molar-refractivity contribution < 1.29 is 18.3 Å². The summed E-state index contributed by atoms with van der Waals surface area (Å²) in [5.74, 6) is 0.434. The van der Waals surface area contributed by atoms with Crippen LogP contribution in [-0.2, 0) is 27.6 Å². The zero-order valence-corrected chi connectivity index (χ0v) is 23.4. The van der Waals surface area contributed by atoms with E-state index in [4.69, 9.17) is 0 Å². The summed E-state index contributed by atoms with van der Waals surface area (Å²) in [5, 5.41) is 16.6. The molecule has 2 heterocycles. The number of carbonyl (C=O) groups excluding carboxylic acids is 1. The highest BCUT2D eigenvalue weighted by Gasteiger charge is 2.22. The Morgan fingerprint density at radius 2 is 1.92 bits per heavy atom. The molecule has 0 unspecified atom stereocenters. The van der Waals surface area contributed by atoms with Gasteiger partial charge in [0, 0.05) is 70.7 Å². The standard InChI is InChI=1S/C27H42N6O4S/c1-4-38(36,37)16-15-32-13-10-23(11-14-32)31-26(29-3)17-25(28-2)27(35)30-18-24(34)20-33-12-9-21-7-5-6-8-22(21)19-33/h5-8,17,23-24,31,34H,3-4,9-16,18-20H2,1-2H3,(H,30,35)/b26-17+,28-25+/t24-/m0/s1. The number of sulfone groups is 1. The summed E-state index contributed by atoms with van der Waals surface area (Å²) in [6.45, 7) is 9.70. The number of nitrogens with zero attached hydrogens (tertiary/aromatic N) is 4. The van der Waals surface area contributed by atoms with Gasteiger partial charge in [0.25, 0.3) is 5.91 Å². The number of aliphatic hydroxyl groups is 1. The Balaban J connectivity index is 1.43. The lowest BCUT2D eigenvalue weighted by Crippen LogP contribution is -2.44.